The number of rotatable bonds is 4. The Morgan fingerprint density at radius 3 is 3.00 bits per heavy atom. The molecule has 0 amide bonds. The lowest BCUT2D eigenvalue weighted by Crippen LogP contribution is -2.29. The molecule has 1 fully saturated rings. The fourth-order valence-electron chi connectivity index (χ4n) is 1.42. The number of aliphatic carboxylic acids is 1. The average molecular weight is 197 g/mol. The van der Waals surface area contributed by atoms with Crippen molar-refractivity contribution in [2.45, 2.75) is 32.0 Å². The van der Waals surface area contributed by atoms with Crippen molar-refractivity contribution in [2.24, 2.45) is 0 Å². The molecular formula is C10H15NO3. The summed E-state index contributed by atoms with van der Waals surface area (Å²) in [6.45, 7) is 3.10. The molecule has 0 aromatic heterocycles. The van der Waals surface area contributed by atoms with Crippen molar-refractivity contribution in [3.05, 3.63) is 0 Å². The first-order valence-electron chi connectivity index (χ1n) is 4.72. The van der Waals surface area contributed by atoms with Gasteiger partial charge in [0.1, 0.15) is 0 Å². The first-order chi connectivity index (χ1) is 6.74. The van der Waals surface area contributed by atoms with Gasteiger partial charge in [0.2, 0.25) is 0 Å². The fourth-order valence-corrected chi connectivity index (χ4v) is 1.42. The van der Waals surface area contributed by atoms with Crippen LogP contribution in [0.15, 0.2) is 0 Å². The second-order valence-corrected chi connectivity index (χ2v) is 3.22. The van der Waals surface area contributed by atoms with E-state index in [1.807, 2.05) is 0 Å². The van der Waals surface area contributed by atoms with Crippen LogP contribution in [0.25, 0.3) is 0 Å². The highest BCUT2D eigenvalue weighted by Gasteiger charge is 2.29. The number of nitrogens with one attached hydrogen (secondary N) is 1. The van der Waals surface area contributed by atoms with Gasteiger partial charge in [-0.3, -0.25) is 0 Å². The lowest BCUT2D eigenvalue weighted by atomic mass is 10.2. The van der Waals surface area contributed by atoms with Crippen LogP contribution in [-0.4, -0.2) is 36.4 Å². The zero-order chi connectivity index (χ0) is 10.4. The summed E-state index contributed by atoms with van der Waals surface area (Å²) in [5.41, 5.74) is 0. The Kier molecular flexibility index (Phi) is 4.44. The van der Waals surface area contributed by atoms with Crippen molar-refractivity contribution in [1.29, 1.82) is 0 Å². The summed E-state index contributed by atoms with van der Waals surface area (Å²) in [6, 6.07) is 0. The maximum atomic E-state index is 10.6. The summed E-state index contributed by atoms with van der Waals surface area (Å²) in [5.74, 6) is 4.79. The second kappa shape index (κ2) is 5.63. The van der Waals surface area contributed by atoms with E-state index in [4.69, 9.17) is 9.84 Å². The van der Waals surface area contributed by atoms with E-state index in [0.29, 0.717) is 19.5 Å². The van der Waals surface area contributed by atoms with Gasteiger partial charge in [-0.2, -0.15) is 0 Å². The highest BCUT2D eigenvalue weighted by molar-refractivity contribution is 5.72. The molecule has 0 aromatic rings. The Labute approximate surface area is 83.6 Å². The minimum absolute atomic E-state index is 0.0229. The maximum Gasteiger partial charge on any atom is 0.332 e. The minimum Gasteiger partial charge on any atom is -0.479 e. The van der Waals surface area contributed by atoms with Gasteiger partial charge < -0.3 is 15.2 Å². The standard InChI is InChI=1S/C10H15NO3/c1-2-3-6-11-7-8-4-5-9(14-8)10(12)13/h8-9,11H,4-7H2,1H3,(H,12,13). The highest BCUT2D eigenvalue weighted by atomic mass is 16.5. The molecule has 0 saturated carbocycles. The van der Waals surface area contributed by atoms with Crippen molar-refractivity contribution in [3.63, 3.8) is 0 Å². The summed E-state index contributed by atoms with van der Waals surface area (Å²) in [4.78, 5) is 10.6. The molecule has 4 nitrogen and oxygen atoms in total. The van der Waals surface area contributed by atoms with E-state index in [2.05, 4.69) is 17.2 Å². The third-order valence-electron chi connectivity index (χ3n) is 2.15. The summed E-state index contributed by atoms with van der Waals surface area (Å²) < 4.78 is 5.29. The normalized spacial score (nSPS) is 25.5. The van der Waals surface area contributed by atoms with Crippen LogP contribution in [0.3, 0.4) is 0 Å². The monoisotopic (exact) mass is 197 g/mol. The van der Waals surface area contributed by atoms with E-state index >= 15 is 0 Å². The number of hydrogen-bond donors (Lipinski definition) is 2. The molecule has 1 saturated heterocycles. The summed E-state index contributed by atoms with van der Waals surface area (Å²) in [6.07, 6.45) is 0.832. The van der Waals surface area contributed by atoms with Crippen molar-refractivity contribution < 1.29 is 14.6 Å². The number of carboxylic acid groups (broad SMARTS) is 1. The third kappa shape index (κ3) is 3.36. The summed E-state index contributed by atoms with van der Waals surface area (Å²) in [5, 5.41) is 11.8. The minimum atomic E-state index is -0.860. The third-order valence-corrected chi connectivity index (χ3v) is 2.15. The van der Waals surface area contributed by atoms with Crippen LogP contribution in [0.2, 0.25) is 0 Å². The maximum absolute atomic E-state index is 10.6. The molecule has 0 spiro atoms. The fraction of sp³-hybridized carbons (Fsp3) is 0.700. The Bertz CT molecular complexity index is 254. The molecule has 0 aliphatic carbocycles. The topological polar surface area (TPSA) is 58.6 Å². The molecule has 1 heterocycles. The van der Waals surface area contributed by atoms with Gasteiger partial charge in [-0.05, 0) is 19.8 Å². The van der Waals surface area contributed by atoms with Crippen LogP contribution in [-0.2, 0) is 9.53 Å². The molecule has 0 radical (unpaired) electrons. The van der Waals surface area contributed by atoms with Gasteiger partial charge in [0.25, 0.3) is 0 Å². The van der Waals surface area contributed by atoms with Crippen LogP contribution in [0.5, 0.6) is 0 Å². The largest absolute Gasteiger partial charge is 0.479 e. The Morgan fingerprint density at radius 2 is 2.43 bits per heavy atom. The SMILES string of the molecule is CC#CCNCC1CCC(C(=O)O)O1. The molecule has 1 rings (SSSR count). The highest BCUT2D eigenvalue weighted by Crippen LogP contribution is 2.18. The smallest absolute Gasteiger partial charge is 0.332 e. The molecule has 0 bridgehead atoms. The van der Waals surface area contributed by atoms with Crippen molar-refractivity contribution >= 4 is 5.97 Å². The van der Waals surface area contributed by atoms with Crippen molar-refractivity contribution in [2.75, 3.05) is 13.1 Å². The predicted octanol–water partition coefficient (Wildman–Crippen LogP) is 0.231. The Morgan fingerprint density at radius 1 is 1.64 bits per heavy atom. The molecular weight excluding hydrogens is 182 g/mol. The van der Waals surface area contributed by atoms with Gasteiger partial charge in [0.15, 0.2) is 6.10 Å². The number of carboxylic acids is 1. The van der Waals surface area contributed by atoms with Crippen LogP contribution in [0.1, 0.15) is 19.8 Å². The zero-order valence-electron chi connectivity index (χ0n) is 8.25. The van der Waals surface area contributed by atoms with E-state index in [0.717, 1.165) is 6.42 Å². The summed E-state index contributed by atoms with van der Waals surface area (Å²) in [7, 11) is 0. The molecule has 4 heteroatoms. The van der Waals surface area contributed by atoms with E-state index in [1.165, 1.54) is 0 Å². The van der Waals surface area contributed by atoms with Crippen molar-refractivity contribution in [1.82, 2.24) is 5.32 Å². The number of hydrogen-bond acceptors (Lipinski definition) is 3. The molecule has 2 unspecified atom stereocenters. The lowest BCUT2D eigenvalue weighted by Gasteiger charge is -2.10. The van der Waals surface area contributed by atoms with Gasteiger partial charge in [-0.15, -0.1) is 5.92 Å². The first kappa shape index (κ1) is 11.0. The van der Waals surface area contributed by atoms with Gasteiger partial charge in [-0.1, -0.05) is 5.92 Å². The van der Waals surface area contributed by atoms with Gasteiger partial charge >= 0.3 is 5.97 Å². The molecule has 1 aliphatic rings. The number of carbonyl (C=O) groups is 1. The molecule has 78 valence electrons. The van der Waals surface area contributed by atoms with E-state index < -0.39 is 12.1 Å². The Hall–Kier alpha value is -1.05. The van der Waals surface area contributed by atoms with E-state index in [-0.39, 0.29) is 6.10 Å². The second-order valence-electron chi connectivity index (χ2n) is 3.22. The van der Waals surface area contributed by atoms with E-state index in [1.54, 1.807) is 6.92 Å². The van der Waals surface area contributed by atoms with Crippen LogP contribution in [0.4, 0.5) is 0 Å². The predicted molar refractivity (Wildman–Crippen MR) is 51.9 cm³/mol. The Balaban J connectivity index is 2.15. The van der Waals surface area contributed by atoms with Gasteiger partial charge in [-0.25, -0.2) is 4.79 Å². The molecule has 14 heavy (non-hydrogen) atoms. The van der Waals surface area contributed by atoms with Crippen molar-refractivity contribution in [3.8, 4) is 11.8 Å². The van der Waals surface area contributed by atoms with Crippen LogP contribution in [0, 0.1) is 11.8 Å². The molecule has 2 atom stereocenters. The van der Waals surface area contributed by atoms with Gasteiger partial charge in [0.05, 0.1) is 12.6 Å². The van der Waals surface area contributed by atoms with Gasteiger partial charge in [0, 0.05) is 6.54 Å². The zero-order valence-corrected chi connectivity index (χ0v) is 8.25. The molecule has 0 aromatic carbocycles. The lowest BCUT2D eigenvalue weighted by molar-refractivity contribution is -0.149. The quantitative estimate of drug-likeness (QED) is 0.500. The average Bonchev–Trinajstić information content (AvgIpc) is 2.61. The molecule has 2 N–H and O–H groups in total. The number of ether oxygens (including phenoxy) is 1. The van der Waals surface area contributed by atoms with Crippen LogP contribution >= 0.6 is 0 Å². The summed E-state index contributed by atoms with van der Waals surface area (Å²) >= 11 is 0. The van der Waals surface area contributed by atoms with Crippen LogP contribution < -0.4 is 5.32 Å². The first-order valence-corrected chi connectivity index (χ1v) is 4.72. The molecule has 1 aliphatic heterocycles. The van der Waals surface area contributed by atoms with E-state index in [9.17, 15) is 4.79 Å².